The zero-order valence-corrected chi connectivity index (χ0v) is 10.6. The minimum Gasteiger partial charge on any atom is -0.306 e. The molecular weight excluding hydrogens is 231 g/mol. The molecular formula is C13H17FN4. The number of hydrogen-bond donors (Lipinski definition) is 1. The largest absolute Gasteiger partial charge is 0.306 e. The lowest BCUT2D eigenvalue weighted by Crippen LogP contribution is -2.23. The molecule has 96 valence electrons. The quantitative estimate of drug-likeness (QED) is 0.880. The Morgan fingerprint density at radius 3 is 2.89 bits per heavy atom. The van der Waals surface area contributed by atoms with Crippen LogP contribution in [0.25, 0.3) is 0 Å². The third-order valence-corrected chi connectivity index (χ3v) is 2.77. The van der Waals surface area contributed by atoms with Crippen molar-refractivity contribution in [1.29, 1.82) is 0 Å². The van der Waals surface area contributed by atoms with Crippen molar-refractivity contribution in [3.63, 3.8) is 0 Å². The first-order valence-corrected chi connectivity index (χ1v) is 6.03. The third-order valence-electron chi connectivity index (χ3n) is 2.77. The van der Waals surface area contributed by atoms with Crippen LogP contribution < -0.4 is 5.32 Å². The molecule has 18 heavy (non-hydrogen) atoms. The lowest BCUT2D eigenvalue weighted by atomic mass is 10.0. The summed E-state index contributed by atoms with van der Waals surface area (Å²) in [5.41, 5.74) is 1.56. The molecule has 0 radical (unpaired) electrons. The fraction of sp³-hybridized carbons (Fsp3) is 0.385. The third kappa shape index (κ3) is 2.73. The fourth-order valence-corrected chi connectivity index (χ4v) is 1.91. The second kappa shape index (κ2) is 5.73. The molecule has 0 aliphatic rings. The van der Waals surface area contributed by atoms with Crippen molar-refractivity contribution in [3.8, 4) is 0 Å². The molecule has 2 aromatic heterocycles. The Morgan fingerprint density at radius 1 is 1.44 bits per heavy atom. The number of rotatable bonds is 5. The number of aromatic nitrogens is 3. The van der Waals surface area contributed by atoms with Crippen LogP contribution in [-0.2, 0) is 7.05 Å². The topological polar surface area (TPSA) is 42.7 Å². The van der Waals surface area contributed by atoms with E-state index in [2.05, 4.69) is 22.3 Å². The van der Waals surface area contributed by atoms with E-state index in [-0.39, 0.29) is 11.9 Å². The van der Waals surface area contributed by atoms with E-state index in [4.69, 9.17) is 0 Å². The van der Waals surface area contributed by atoms with Crippen molar-refractivity contribution in [2.45, 2.75) is 19.4 Å². The van der Waals surface area contributed by atoms with E-state index in [1.165, 1.54) is 6.20 Å². The van der Waals surface area contributed by atoms with Crippen molar-refractivity contribution in [1.82, 2.24) is 20.1 Å². The molecule has 2 heterocycles. The van der Waals surface area contributed by atoms with Gasteiger partial charge in [-0.25, -0.2) is 4.39 Å². The van der Waals surface area contributed by atoms with Gasteiger partial charge in [-0.1, -0.05) is 6.92 Å². The van der Waals surface area contributed by atoms with E-state index >= 15 is 0 Å². The van der Waals surface area contributed by atoms with Crippen molar-refractivity contribution < 1.29 is 4.39 Å². The van der Waals surface area contributed by atoms with E-state index in [0.29, 0.717) is 5.56 Å². The van der Waals surface area contributed by atoms with Crippen LogP contribution in [0.4, 0.5) is 4.39 Å². The van der Waals surface area contributed by atoms with Crippen LogP contribution in [0, 0.1) is 5.82 Å². The Labute approximate surface area is 106 Å². The molecule has 1 unspecified atom stereocenters. The maximum absolute atomic E-state index is 13.8. The minimum absolute atomic E-state index is 0.179. The van der Waals surface area contributed by atoms with Crippen molar-refractivity contribution in [2.24, 2.45) is 7.05 Å². The molecule has 0 bridgehead atoms. The van der Waals surface area contributed by atoms with E-state index in [1.54, 1.807) is 23.1 Å². The highest BCUT2D eigenvalue weighted by Crippen LogP contribution is 2.23. The lowest BCUT2D eigenvalue weighted by molar-refractivity contribution is 0.543. The van der Waals surface area contributed by atoms with E-state index < -0.39 is 0 Å². The molecule has 0 amide bonds. The van der Waals surface area contributed by atoms with Gasteiger partial charge in [0.15, 0.2) is 0 Å². The summed E-state index contributed by atoms with van der Waals surface area (Å²) in [6, 6.07) is 1.52. The van der Waals surface area contributed by atoms with Gasteiger partial charge in [0.1, 0.15) is 5.82 Å². The molecule has 4 nitrogen and oxygen atoms in total. The number of nitrogens with zero attached hydrogens (tertiary/aromatic N) is 3. The monoisotopic (exact) mass is 248 g/mol. The summed E-state index contributed by atoms with van der Waals surface area (Å²) in [6.45, 7) is 2.90. The predicted molar refractivity (Wildman–Crippen MR) is 67.5 cm³/mol. The fourth-order valence-electron chi connectivity index (χ4n) is 1.91. The number of aryl methyl sites for hydroxylation is 1. The highest BCUT2D eigenvalue weighted by molar-refractivity contribution is 5.28. The number of nitrogens with one attached hydrogen (secondary N) is 1. The normalized spacial score (nSPS) is 12.6. The van der Waals surface area contributed by atoms with Crippen LogP contribution in [0.15, 0.2) is 30.9 Å². The van der Waals surface area contributed by atoms with Gasteiger partial charge in [-0.15, -0.1) is 0 Å². The molecule has 0 aromatic carbocycles. The van der Waals surface area contributed by atoms with Crippen molar-refractivity contribution in [3.05, 3.63) is 47.8 Å². The summed E-state index contributed by atoms with van der Waals surface area (Å²) >= 11 is 0. The maximum atomic E-state index is 13.8. The average Bonchev–Trinajstić information content (AvgIpc) is 2.78. The lowest BCUT2D eigenvalue weighted by Gasteiger charge is -2.17. The highest BCUT2D eigenvalue weighted by Gasteiger charge is 2.18. The summed E-state index contributed by atoms with van der Waals surface area (Å²) in [5.74, 6) is -0.296. The van der Waals surface area contributed by atoms with Gasteiger partial charge < -0.3 is 5.32 Å². The Hall–Kier alpha value is -1.75. The summed E-state index contributed by atoms with van der Waals surface area (Å²) in [7, 11) is 1.85. The molecule has 0 fully saturated rings. The first kappa shape index (κ1) is 12.7. The molecule has 2 rings (SSSR count). The Kier molecular flexibility index (Phi) is 4.04. The first-order chi connectivity index (χ1) is 8.72. The van der Waals surface area contributed by atoms with Gasteiger partial charge in [-0.2, -0.15) is 5.10 Å². The molecule has 0 aliphatic heterocycles. The molecule has 0 saturated heterocycles. The first-order valence-electron chi connectivity index (χ1n) is 6.03. The van der Waals surface area contributed by atoms with Gasteiger partial charge in [0.25, 0.3) is 0 Å². The second-order valence-corrected chi connectivity index (χ2v) is 4.23. The van der Waals surface area contributed by atoms with E-state index in [1.807, 2.05) is 13.2 Å². The number of halogens is 1. The standard InChI is InChI=1S/C13H17FN4/c1-3-5-16-13(10-7-17-18(2)9-10)11-4-6-15-8-12(11)14/h4,6-9,13,16H,3,5H2,1-2H3. The smallest absolute Gasteiger partial charge is 0.146 e. The predicted octanol–water partition coefficient (Wildman–Crippen LogP) is 2.04. The number of hydrogen-bond acceptors (Lipinski definition) is 3. The molecule has 5 heteroatoms. The maximum Gasteiger partial charge on any atom is 0.146 e. The minimum atomic E-state index is -0.296. The van der Waals surface area contributed by atoms with E-state index in [0.717, 1.165) is 18.5 Å². The second-order valence-electron chi connectivity index (χ2n) is 4.23. The van der Waals surface area contributed by atoms with Crippen LogP contribution in [-0.4, -0.2) is 21.3 Å². The molecule has 1 atom stereocenters. The SMILES string of the molecule is CCCNC(c1cnn(C)c1)c1ccncc1F. The van der Waals surface area contributed by atoms with Crippen LogP contribution in [0.1, 0.15) is 30.5 Å². The summed E-state index contributed by atoms with van der Waals surface area (Å²) in [4.78, 5) is 3.78. The summed E-state index contributed by atoms with van der Waals surface area (Å²) in [5, 5.41) is 7.47. The van der Waals surface area contributed by atoms with Crippen LogP contribution >= 0.6 is 0 Å². The molecule has 0 aliphatic carbocycles. The Balaban J connectivity index is 2.33. The summed E-state index contributed by atoms with van der Waals surface area (Å²) < 4.78 is 15.5. The summed E-state index contributed by atoms with van der Waals surface area (Å²) in [6.07, 6.45) is 7.49. The van der Waals surface area contributed by atoms with Gasteiger partial charge in [0.05, 0.1) is 18.4 Å². The van der Waals surface area contributed by atoms with Crippen LogP contribution in [0.2, 0.25) is 0 Å². The molecule has 0 saturated carbocycles. The van der Waals surface area contributed by atoms with Gasteiger partial charge in [0, 0.05) is 30.6 Å². The van der Waals surface area contributed by atoms with Gasteiger partial charge in [0.2, 0.25) is 0 Å². The van der Waals surface area contributed by atoms with Crippen LogP contribution in [0.5, 0.6) is 0 Å². The van der Waals surface area contributed by atoms with Crippen molar-refractivity contribution in [2.75, 3.05) is 6.54 Å². The number of pyridine rings is 1. The van der Waals surface area contributed by atoms with E-state index in [9.17, 15) is 4.39 Å². The molecule has 2 aromatic rings. The van der Waals surface area contributed by atoms with Crippen molar-refractivity contribution >= 4 is 0 Å². The van der Waals surface area contributed by atoms with Gasteiger partial charge in [-0.05, 0) is 19.0 Å². The van der Waals surface area contributed by atoms with Gasteiger partial charge >= 0.3 is 0 Å². The highest BCUT2D eigenvalue weighted by atomic mass is 19.1. The zero-order valence-electron chi connectivity index (χ0n) is 10.6. The zero-order chi connectivity index (χ0) is 13.0. The Morgan fingerprint density at radius 2 is 2.28 bits per heavy atom. The molecule has 1 N–H and O–H groups in total. The molecule has 0 spiro atoms. The Bertz CT molecular complexity index is 509. The van der Waals surface area contributed by atoms with Gasteiger partial charge in [-0.3, -0.25) is 9.67 Å². The van der Waals surface area contributed by atoms with Crippen LogP contribution in [0.3, 0.4) is 0 Å². The average molecular weight is 248 g/mol.